The number of imidazole rings is 1. The SMILES string of the molecule is CCc1nc2c(C)nc(C)cn2c1-c1ccc(C2(CNC(N)=O)CC2)cc1.Cc1ccc(S)cc1. The number of benzene rings is 2. The molecule has 1 aliphatic rings. The molecule has 0 radical (unpaired) electrons. The molecule has 35 heavy (non-hydrogen) atoms. The Hall–Kier alpha value is -3.32. The Balaban J connectivity index is 0.000000308. The molecule has 5 rings (SSSR count). The summed E-state index contributed by atoms with van der Waals surface area (Å²) in [4.78, 5) is 21.4. The van der Waals surface area contributed by atoms with Crippen molar-refractivity contribution in [3.05, 3.63) is 82.9 Å². The van der Waals surface area contributed by atoms with Gasteiger partial charge in [-0.25, -0.2) is 9.78 Å². The van der Waals surface area contributed by atoms with Crippen LogP contribution < -0.4 is 11.1 Å². The third-order valence-electron chi connectivity index (χ3n) is 6.56. The minimum absolute atomic E-state index is 0.0394. The molecular formula is C28H33N5OS. The third-order valence-corrected chi connectivity index (χ3v) is 6.86. The molecule has 6 nitrogen and oxygen atoms in total. The number of amides is 2. The zero-order chi connectivity index (χ0) is 25.2. The lowest BCUT2D eigenvalue weighted by atomic mass is 9.94. The summed E-state index contributed by atoms with van der Waals surface area (Å²) in [5, 5.41) is 2.76. The van der Waals surface area contributed by atoms with Crippen molar-refractivity contribution in [1.82, 2.24) is 19.7 Å². The number of urea groups is 1. The Kier molecular flexibility index (Phi) is 7.17. The Morgan fingerprint density at radius 3 is 2.26 bits per heavy atom. The first-order valence-corrected chi connectivity index (χ1v) is 12.4. The molecule has 0 bridgehead atoms. The average molecular weight is 488 g/mol. The Morgan fingerprint density at radius 1 is 1.06 bits per heavy atom. The van der Waals surface area contributed by atoms with Crippen molar-refractivity contribution in [3.8, 4) is 11.3 Å². The maximum absolute atomic E-state index is 11.1. The van der Waals surface area contributed by atoms with Crippen molar-refractivity contribution in [1.29, 1.82) is 0 Å². The van der Waals surface area contributed by atoms with Gasteiger partial charge in [-0.3, -0.25) is 9.38 Å². The molecule has 0 aliphatic heterocycles. The second-order valence-corrected chi connectivity index (χ2v) is 9.85. The Bertz CT molecular complexity index is 1320. The molecule has 2 heterocycles. The second kappa shape index (κ2) is 10.1. The van der Waals surface area contributed by atoms with Gasteiger partial charge in [0.25, 0.3) is 0 Å². The molecule has 182 valence electrons. The number of nitrogens with two attached hydrogens (primary N) is 1. The van der Waals surface area contributed by atoms with Gasteiger partial charge in [0.1, 0.15) is 0 Å². The van der Waals surface area contributed by atoms with E-state index in [2.05, 4.69) is 71.6 Å². The molecule has 1 aliphatic carbocycles. The average Bonchev–Trinajstić information content (AvgIpc) is 3.54. The minimum Gasteiger partial charge on any atom is -0.352 e. The van der Waals surface area contributed by atoms with Crippen LogP contribution in [0.5, 0.6) is 0 Å². The zero-order valence-electron chi connectivity index (χ0n) is 20.8. The van der Waals surface area contributed by atoms with E-state index in [0.29, 0.717) is 6.54 Å². The standard InChI is InChI=1S/C21H25N5O.C7H8S/c1-4-17-18(26-11-13(2)24-14(3)19(26)25-17)15-5-7-16(8-6-15)21(9-10-21)12-23-20(22)27;1-6-2-4-7(8)5-3-6/h5-8,11H,4,9-10,12H2,1-3H3,(H3,22,23,27);2-5,8H,1H3. The highest BCUT2D eigenvalue weighted by atomic mass is 32.1. The second-order valence-electron chi connectivity index (χ2n) is 9.33. The molecule has 1 saturated carbocycles. The first-order valence-electron chi connectivity index (χ1n) is 12.0. The molecule has 0 unspecified atom stereocenters. The summed E-state index contributed by atoms with van der Waals surface area (Å²) in [5.74, 6) is 0. The van der Waals surface area contributed by atoms with Gasteiger partial charge < -0.3 is 11.1 Å². The molecule has 3 N–H and O–H groups in total. The van der Waals surface area contributed by atoms with E-state index in [0.717, 1.165) is 58.1 Å². The fourth-order valence-electron chi connectivity index (χ4n) is 4.44. The van der Waals surface area contributed by atoms with Gasteiger partial charge in [0.15, 0.2) is 5.65 Å². The van der Waals surface area contributed by atoms with E-state index in [1.807, 2.05) is 38.1 Å². The molecule has 0 spiro atoms. The normalized spacial score (nSPS) is 13.7. The number of carbonyl (C=O) groups is 1. The van der Waals surface area contributed by atoms with Crippen LogP contribution in [-0.2, 0) is 11.8 Å². The summed E-state index contributed by atoms with van der Waals surface area (Å²) in [7, 11) is 0. The highest BCUT2D eigenvalue weighted by Gasteiger charge is 2.44. The lowest BCUT2D eigenvalue weighted by Crippen LogP contribution is -2.35. The van der Waals surface area contributed by atoms with E-state index >= 15 is 0 Å². The van der Waals surface area contributed by atoms with E-state index < -0.39 is 6.03 Å². The quantitative estimate of drug-likeness (QED) is 0.322. The van der Waals surface area contributed by atoms with Gasteiger partial charge in [-0.1, -0.05) is 48.9 Å². The molecule has 2 aromatic heterocycles. The van der Waals surface area contributed by atoms with Crippen LogP contribution in [0.3, 0.4) is 0 Å². The lowest BCUT2D eigenvalue weighted by Gasteiger charge is -2.16. The van der Waals surface area contributed by atoms with Crippen LogP contribution in [-0.4, -0.2) is 26.9 Å². The van der Waals surface area contributed by atoms with Crippen LogP contribution in [0.1, 0.15) is 48.0 Å². The van der Waals surface area contributed by atoms with Gasteiger partial charge in [0, 0.05) is 28.6 Å². The van der Waals surface area contributed by atoms with Crippen LogP contribution in [0.25, 0.3) is 16.9 Å². The lowest BCUT2D eigenvalue weighted by molar-refractivity contribution is 0.248. The number of aromatic nitrogens is 3. The topological polar surface area (TPSA) is 85.3 Å². The number of carbonyl (C=O) groups excluding carboxylic acids is 1. The van der Waals surface area contributed by atoms with Crippen LogP contribution in [0, 0.1) is 20.8 Å². The predicted octanol–water partition coefficient (Wildman–Crippen LogP) is 5.56. The highest BCUT2D eigenvalue weighted by Crippen LogP contribution is 2.48. The van der Waals surface area contributed by atoms with Crippen molar-refractivity contribution in [2.24, 2.45) is 5.73 Å². The molecule has 0 atom stereocenters. The summed E-state index contributed by atoms with van der Waals surface area (Å²) < 4.78 is 2.16. The fourth-order valence-corrected chi connectivity index (χ4v) is 4.59. The molecular weight excluding hydrogens is 454 g/mol. The van der Waals surface area contributed by atoms with E-state index in [-0.39, 0.29) is 5.41 Å². The summed E-state index contributed by atoms with van der Waals surface area (Å²) >= 11 is 4.13. The predicted molar refractivity (Wildman–Crippen MR) is 144 cm³/mol. The fraction of sp³-hybridized carbons (Fsp3) is 0.321. The number of nitrogens with one attached hydrogen (secondary N) is 1. The molecule has 2 amide bonds. The maximum atomic E-state index is 11.1. The minimum atomic E-state index is -0.462. The number of aryl methyl sites for hydroxylation is 4. The summed E-state index contributed by atoms with van der Waals surface area (Å²) in [6, 6.07) is 16.3. The largest absolute Gasteiger partial charge is 0.352 e. The smallest absolute Gasteiger partial charge is 0.312 e. The molecule has 0 saturated heterocycles. The van der Waals surface area contributed by atoms with E-state index in [1.54, 1.807) is 0 Å². The first-order chi connectivity index (χ1) is 16.7. The highest BCUT2D eigenvalue weighted by molar-refractivity contribution is 7.80. The number of hydrogen-bond donors (Lipinski definition) is 3. The molecule has 1 fully saturated rings. The molecule has 7 heteroatoms. The molecule has 4 aromatic rings. The summed E-state index contributed by atoms with van der Waals surface area (Å²) in [6.07, 6.45) is 5.07. The monoisotopic (exact) mass is 487 g/mol. The number of thiol groups is 1. The Labute approximate surface area is 212 Å². The van der Waals surface area contributed by atoms with Gasteiger partial charge in [-0.05, 0) is 57.7 Å². The Morgan fingerprint density at radius 2 is 1.71 bits per heavy atom. The number of rotatable bonds is 5. The van der Waals surface area contributed by atoms with Gasteiger partial charge in [-0.2, -0.15) is 0 Å². The van der Waals surface area contributed by atoms with Gasteiger partial charge in [0.05, 0.1) is 22.8 Å². The maximum Gasteiger partial charge on any atom is 0.312 e. The van der Waals surface area contributed by atoms with Crippen molar-refractivity contribution >= 4 is 24.3 Å². The third kappa shape index (κ3) is 5.51. The number of nitrogens with zero attached hydrogens (tertiary/aromatic N) is 3. The summed E-state index contributed by atoms with van der Waals surface area (Å²) in [6.45, 7) is 8.80. The van der Waals surface area contributed by atoms with Gasteiger partial charge in [-0.15, -0.1) is 12.6 Å². The van der Waals surface area contributed by atoms with E-state index in [4.69, 9.17) is 10.7 Å². The number of hydrogen-bond acceptors (Lipinski definition) is 4. The van der Waals surface area contributed by atoms with Crippen LogP contribution in [0.2, 0.25) is 0 Å². The number of fused-ring (bicyclic) bond motifs is 1. The number of primary amides is 1. The van der Waals surface area contributed by atoms with Crippen LogP contribution >= 0.6 is 12.6 Å². The van der Waals surface area contributed by atoms with Gasteiger partial charge >= 0.3 is 6.03 Å². The van der Waals surface area contributed by atoms with E-state index in [9.17, 15) is 4.79 Å². The van der Waals surface area contributed by atoms with E-state index in [1.165, 1.54) is 11.1 Å². The summed E-state index contributed by atoms with van der Waals surface area (Å²) in [5.41, 5.74) is 14.0. The van der Waals surface area contributed by atoms with Crippen LogP contribution in [0.15, 0.2) is 59.6 Å². The van der Waals surface area contributed by atoms with Crippen molar-refractivity contribution in [2.75, 3.05) is 6.54 Å². The van der Waals surface area contributed by atoms with Gasteiger partial charge in [0.2, 0.25) is 0 Å². The van der Waals surface area contributed by atoms with Crippen LogP contribution in [0.4, 0.5) is 4.79 Å². The van der Waals surface area contributed by atoms with Crippen molar-refractivity contribution in [2.45, 2.75) is 57.3 Å². The van der Waals surface area contributed by atoms with Crippen molar-refractivity contribution in [3.63, 3.8) is 0 Å². The first kappa shape index (κ1) is 24.8. The zero-order valence-corrected chi connectivity index (χ0v) is 21.7. The van der Waals surface area contributed by atoms with Crippen molar-refractivity contribution < 1.29 is 4.79 Å². The molecule has 2 aromatic carbocycles.